The summed E-state index contributed by atoms with van der Waals surface area (Å²) in [7, 11) is 1.85. The number of aromatic nitrogens is 2. The van der Waals surface area contributed by atoms with Crippen LogP contribution in [0, 0.1) is 5.92 Å². The maximum atomic E-state index is 12.6. The van der Waals surface area contributed by atoms with Gasteiger partial charge in [0.1, 0.15) is 5.69 Å². The molecule has 0 saturated carbocycles. The van der Waals surface area contributed by atoms with Gasteiger partial charge in [-0.15, -0.1) is 0 Å². The lowest BCUT2D eigenvalue weighted by Crippen LogP contribution is -2.57. The molecule has 1 aromatic heterocycles. The predicted molar refractivity (Wildman–Crippen MR) is 82.3 cm³/mol. The molecular weight excluding hydrogens is 264 g/mol. The van der Waals surface area contributed by atoms with Crippen molar-refractivity contribution in [3.05, 3.63) is 17.5 Å². The van der Waals surface area contributed by atoms with Gasteiger partial charge in [-0.2, -0.15) is 5.10 Å². The number of aryl methyl sites for hydroxylation is 1. The molecule has 1 N–H and O–H groups in total. The Labute approximate surface area is 126 Å². The number of amides is 1. The van der Waals surface area contributed by atoms with Crippen LogP contribution in [-0.2, 0) is 12.5 Å². The van der Waals surface area contributed by atoms with Gasteiger partial charge in [0, 0.05) is 25.0 Å². The monoisotopic (exact) mass is 290 g/mol. The molecule has 0 aromatic carbocycles. The van der Waals surface area contributed by atoms with Crippen molar-refractivity contribution < 1.29 is 4.79 Å². The predicted octanol–water partition coefficient (Wildman–Crippen LogP) is 1.54. The largest absolute Gasteiger partial charge is 0.346 e. The van der Waals surface area contributed by atoms with Crippen LogP contribution in [0.15, 0.2) is 6.07 Å². The minimum Gasteiger partial charge on any atom is -0.346 e. The highest BCUT2D eigenvalue weighted by Gasteiger charge is 2.35. The molecule has 3 aliphatic heterocycles. The van der Waals surface area contributed by atoms with E-state index in [9.17, 15) is 4.79 Å². The molecule has 3 saturated heterocycles. The first-order valence-corrected chi connectivity index (χ1v) is 7.92. The van der Waals surface area contributed by atoms with Crippen LogP contribution in [0.2, 0.25) is 0 Å². The van der Waals surface area contributed by atoms with Gasteiger partial charge in [0.2, 0.25) is 0 Å². The van der Waals surface area contributed by atoms with Crippen molar-refractivity contribution in [1.82, 2.24) is 20.0 Å². The number of fused-ring (bicyclic) bond motifs is 3. The normalized spacial score (nSPS) is 28.7. The van der Waals surface area contributed by atoms with Crippen LogP contribution >= 0.6 is 0 Å². The summed E-state index contributed by atoms with van der Waals surface area (Å²) in [6.07, 6.45) is 2.42. The first-order valence-electron chi connectivity index (χ1n) is 7.92. The van der Waals surface area contributed by atoms with Gasteiger partial charge in [-0.25, -0.2) is 0 Å². The van der Waals surface area contributed by atoms with E-state index in [2.05, 4.69) is 36.1 Å². The summed E-state index contributed by atoms with van der Waals surface area (Å²) in [6, 6.07) is 2.23. The third-order valence-corrected chi connectivity index (χ3v) is 4.85. The van der Waals surface area contributed by atoms with Crippen LogP contribution in [0.25, 0.3) is 0 Å². The van der Waals surface area contributed by atoms with Gasteiger partial charge in [-0.05, 0) is 37.9 Å². The average molecular weight is 290 g/mol. The second-order valence-corrected chi connectivity index (χ2v) is 7.51. The molecule has 3 aliphatic rings. The third-order valence-electron chi connectivity index (χ3n) is 4.85. The van der Waals surface area contributed by atoms with Crippen molar-refractivity contribution in [1.29, 1.82) is 0 Å². The summed E-state index contributed by atoms with van der Waals surface area (Å²) in [5, 5.41) is 7.72. The van der Waals surface area contributed by atoms with E-state index in [1.807, 2.05) is 13.1 Å². The number of carbonyl (C=O) groups is 1. The molecule has 1 atom stereocenters. The van der Waals surface area contributed by atoms with Gasteiger partial charge in [-0.1, -0.05) is 20.8 Å². The lowest BCUT2D eigenvalue weighted by atomic mass is 9.84. The second kappa shape index (κ2) is 5.13. The lowest BCUT2D eigenvalue weighted by molar-refractivity contribution is 0.0615. The van der Waals surface area contributed by atoms with E-state index >= 15 is 0 Å². The summed E-state index contributed by atoms with van der Waals surface area (Å²) in [4.78, 5) is 15.0. The van der Waals surface area contributed by atoms with Crippen LogP contribution in [0.3, 0.4) is 0 Å². The van der Waals surface area contributed by atoms with Gasteiger partial charge in [0.05, 0.1) is 5.69 Å². The minimum absolute atomic E-state index is 0.0132. The van der Waals surface area contributed by atoms with Gasteiger partial charge in [-0.3, -0.25) is 9.48 Å². The van der Waals surface area contributed by atoms with Crippen LogP contribution in [0.5, 0.6) is 0 Å². The lowest BCUT2D eigenvalue weighted by Gasteiger charge is -2.44. The molecule has 5 nitrogen and oxygen atoms in total. The number of rotatable bonds is 2. The Morgan fingerprint density at radius 3 is 2.48 bits per heavy atom. The molecule has 116 valence electrons. The Bertz CT molecular complexity index is 535. The molecule has 4 rings (SSSR count). The van der Waals surface area contributed by atoms with E-state index in [0.717, 1.165) is 12.2 Å². The zero-order valence-electron chi connectivity index (χ0n) is 13.5. The second-order valence-electron chi connectivity index (χ2n) is 7.51. The maximum absolute atomic E-state index is 12.6. The Hall–Kier alpha value is -1.36. The van der Waals surface area contributed by atoms with Crippen LogP contribution in [0.1, 0.15) is 49.8 Å². The van der Waals surface area contributed by atoms with Crippen molar-refractivity contribution in [3.8, 4) is 0 Å². The van der Waals surface area contributed by atoms with E-state index in [0.29, 0.717) is 17.7 Å². The Kier molecular flexibility index (Phi) is 3.56. The molecule has 4 heterocycles. The summed E-state index contributed by atoms with van der Waals surface area (Å²) >= 11 is 0. The number of hydrogen-bond donors (Lipinski definition) is 1. The third kappa shape index (κ3) is 2.84. The molecule has 0 aliphatic carbocycles. The van der Waals surface area contributed by atoms with Crippen LogP contribution < -0.4 is 5.32 Å². The number of piperidine rings is 3. The quantitative estimate of drug-likeness (QED) is 0.899. The average Bonchev–Trinajstić information content (AvgIpc) is 2.82. The number of nitrogens with one attached hydrogen (secondary N) is 1. The van der Waals surface area contributed by atoms with Crippen LogP contribution in [-0.4, -0.2) is 46.3 Å². The highest BCUT2D eigenvalue weighted by Crippen LogP contribution is 2.28. The van der Waals surface area contributed by atoms with E-state index < -0.39 is 0 Å². The van der Waals surface area contributed by atoms with E-state index in [1.165, 1.54) is 25.9 Å². The molecule has 5 heteroatoms. The zero-order valence-corrected chi connectivity index (χ0v) is 13.5. The first-order chi connectivity index (χ1) is 9.84. The van der Waals surface area contributed by atoms with Crippen molar-refractivity contribution in [2.75, 3.05) is 19.6 Å². The number of nitrogens with zero attached hydrogens (tertiary/aromatic N) is 3. The molecule has 1 unspecified atom stereocenters. The molecular formula is C16H26N4O. The fourth-order valence-electron chi connectivity index (χ4n) is 3.42. The maximum Gasteiger partial charge on any atom is 0.269 e. The summed E-state index contributed by atoms with van der Waals surface area (Å²) in [6.45, 7) is 9.73. The highest BCUT2D eigenvalue weighted by molar-refractivity contribution is 5.93. The van der Waals surface area contributed by atoms with Crippen molar-refractivity contribution in [2.45, 2.75) is 45.1 Å². The Morgan fingerprint density at radius 2 is 2.00 bits per heavy atom. The molecule has 2 bridgehead atoms. The topological polar surface area (TPSA) is 50.2 Å². The molecule has 0 spiro atoms. The SMILES string of the molecule is Cn1nc(C(C)(C)C)cc1C(=O)NC1CN2CCC1CC2. The Balaban J connectivity index is 1.72. The highest BCUT2D eigenvalue weighted by atomic mass is 16.2. The van der Waals surface area contributed by atoms with E-state index in [-0.39, 0.29) is 11.3 Å². The summed E-state index contributed by atoms with van der Waals surface area (Å²) < 4.78 is 1.71. The molecule has 1 amide bonds. The van der Waals surface area contributed by atoms with Gasteiger partial charge < -0.3 is 10.2 Å². The Morgan fingerprint density at radius 1 is 1.33 bits per heavy atom. The molecule has 0 radical (unpaired) electrons. The van der Waals surface area contributed by atoms with Crippen molar-refractivity contribution >= 4 is 5.91 Å². The number of carbonyl (C=O) groups excluding carboxylic acids is 1. The molecule has 1 aromatic rings. The fraction of sp³-hybridized carbons (Fsp3) is 0.750. The van der Waals surface area contributed by atoms with Crippen LogP contribution in [0.4, 0.5) is 0 Å². The standard InChI is InChI=1S/C16H26N4O/c1-16(2,3)14-9-13(19(4)18-14)15(21)17-12-10-20-7-5-11(12)6-8-20/h9,11-12H,5-8,10H2,1-4H3,(H,17,21). The van der Waals surface area contributed by atoms with Crippen molar-refractivity contribution in [2.24, 2.45) is 13.0 Å². The minimum atomic E-state index is -0.0358. The van der Waals surface area contributed by atoms with Gasteiger partial charge in [0.15, 0.2) is 0 Å². The smallest absolute Gasteiger partial charge is 0.269 e. The van der Waals surface area contributed by atoms with Gasteiger partial charge >= 0.3 is 0 Å². The zero-order chi connectivity index (χ0) is 15.2. The van der Waals surface area contributed by atoms with Crippen molar-refractivity contribution in [3.63, 3.8) is 0 Å². The number of hydrogen-bond acceptors (Lipinski definition) is 3. The van der Waals surface area contributed by atoms with Gasteiger partial charge in [0.25, 0.3) is 5.91 Å². The molecule has 3 fully saturated rings. The summed E-state index contributed by atoms with van der Waals surface area (Å²) in [5.74, 6) is 0.661. The summed E-state index contributed by atoms with van der Waals surface area (Å²) in [5.41, 5.74) is 1.59. The van der Waals surface area contributed by atoms with E-state index in [4.69, 9.17) is 0 Å². The molecule has 21 heavy (non-hydrogen) atoms. The first kappa shape index (κ1) is 14.6. The fourth-order valence-corrected chi connectivity index (χ4v) is 3.42. The van der Waals surface area contributed by atoms with E-state index in [1.54, 1.807) is 4.68 Å².